The minimum atomic E-state index is -3.77. The summed E-state index contributed by atoms with van der Waals surface area (Å²) < 4.78 is 27.0. The molecule has 0 saturated carbocycles. The predicted octanol–water partition coefficient (Wildman–Crippen LogP) is 1.13. The van der Waals surface area contributed by atoms with Crippen molar-refractivity contribution in [2.45, 2.75) is 11.8 Å². The maximum absolute atomic E-state index is 12.3. The molecule has 0 bridgehead atoms. The molecule has 110 valence electrons. The lowest BCUT2D eigenvalue weighted by molar-refractivity contribution is 0.425. The van der Waals surface area contributed by atoms with E-state index in [2.05, 4.69) is 4.72 Å². The fourth-order valence-electron chi connectivity index (χ4n) is 1.74. The van der Waals surface area contributed by atoms with Crippen LogP contribution in [0.4, 0.5) is 5.69 Å². The molecule has 3 N–H and O–H groups in total. The highest BCUT2D eigenvalue weighted by atomic mass is 35.5. The lowest BCUT2D eigenvalue weighted by atomic mass is 9.81. The van der Waals surface area contributed by atoms with E-state index < -0.39 is 17.1 Å². The number of hydrogen-bond acceptors (Lipinski definition) is 4. The van der Waals surface area contributed by atoms with E-state index in [9.17, 15) is 8.42 Å². The minimum absolute atomic E-state index is 0.0197. The molecule has 2 aromatic carbocycles. The number of benzene rings is 2. The van der Waals surface area contributed by atoms with E-state index in [-0.39, 0.29) is 10.4 Å². The molecule has 0 aliphatic rings. The van der Waals surface area contributed by atoms with Gasteiger partial charge in [-0.1, -0.05) is 29.8 Å². The number of anilines is 1. The zero-order valence-corrected chi connectivity index (χ0v) is 12.7. The van der Waals surface area contributed by atoms with Crippen LogP contribution in [0.3, 0.4) is 0 Å². The van der Waals surface area contributed by atoms with Crippen LogP contribution in [0.25, 0.3) is 0 Å². The van der Waals surface area contributed by atoms with Crippen molar-refractivity contribution in [3.05, 3.63) is 53.1 Å². The van der Waals surface area contributed by atoms with Crippen molar-refractivity contribution in [3.8, 4) is 0 Å². The van der Waals surface area contributed by atoms with E-state index in [0.29, 0.717) is 16.3 Å². The minimum Gasteiger partial charge on any atom is -0.423 e. The van der Waals surface area contributed by atoms with Gasteiger partial charge in [-0.3, -0.25) is 4.72 Å². The third-order valence-electron chi connectivity index (χ3n) is 3.00. The summed E-state index contributed by atoms with van der Waals surface area (Å²) in [5.74, 6) is 0. The Labute approximate surface area is 128 Å². The first-order chi connectivity index (χ1) is 9.81. The number of nitrogens with one attached hydrogen (secondary N) is 1. The summed E-state index contributed by atoms with van der Waals surface area (Å²) in [6.45, 7) is 1.71. The zero-order chi connectivity index (χ0) is 15.6. The van der Waals surface area contributed by atoms with Crippen molar-refractivity contribution in [2.24, 2.45) is 0 Å². The van der Waals surface area contributed by atoms with Crippen LogP contribution in [0.5, 0.6) is 0 Å². The quantitative estimate of drug-likeness (QED) is 0.736. The Kier molecular flexibility index (Phi) is 4.58. The molecule has 2 rings (SSSR count). The van der Waals surface area contributed by atoms with Crippen LogP contribution in [0.2, 0.25) is 5.02 Å². The van der Waals surface area contributed by atoms with Gasteiger partial charge in [-0.15, -0.1) is 0 Å². The summed E-state index contributed by atoms with van der Waals surface area (Å²) in [6.07, 6.45) is 0. The van der Waals surface area contributed by atoms with Gasteiger partial charge in [0.05, 0.1) is 10.6 Å². The lowest BCUT2D eigenvalue weighted by Crippen LogP contribution is -2.29. The Bertz CT molecular complexity index is 747. The van der Waals surface area contributed by atoms with Gasteiger partial charge in [0, 0.05) is 5.02 Å². The van der Waals surface area contributed by atoms with Gasteiger partial charge < -0.3 is 10.0 Å². The molecule has 0 saturated heterocycles. The third kappa shape index (κ3) is 3.57. The topological polar surface area (TPSA) is 86.6 Å². The number of hydrogen-bond donors (Lipinski definition) is 3. The first-order valence-electron chi connectivity index (χ1n) is 6.05. The van der Waals surface area contributed by atoms with Crippen LogP contribution in [-0.2, 0) is 10.0 Å². The van der Waals surface area contributed by atoms with Gasteiger partial charge in [0.15, 0.2) is 0 Å². The molecular formula is C13H13BClNO4S. The Morgan fingerprint density at radius 3 is 2.29 bits per heavy atom. The third-order valence-corrected chi connectivity index (χ3v) is 4.79. The number of halogens is 1. The molecule has 5 nitrogen and oxygen atoms in total. The van der Waals surface area contributed by atoms with Crippen molar-refractivity contribution < 1.29 is 18.5 Å². The maximum atomic E-state index is 12.3. The fourth-order valence-corrected chi connectivity index (χ4v) is 3.04. The smallest absolute Gasteiger partial charge is 0.423 e. The average Bonchev–Trinajstić information content (AvgIpc) is 2.44. The summed E-state index contributed by atoms with van der Waals surface area (Å²) in [7, 11) is -5.40. The summed E-state index contributed by atoms with van der Waals surface area (Å²) in [5, 5.41) is 18.5. The first kappa shape index (κ1) is 15.8. The second-order valence-corrected chi connectivity index (χ2v) is 6.55. The molecule has 0 atom stereocenters. The highest BCUT2D eigenvalue weighted by Crippen LogP contribution is 2.25. The van der Waals surface area contributed by atoms with Crippen molar-refractivity contribution in [1.29, 1.82) is 0 Å². The van der Waals surface area contributed by atoms with E-state index in [0.717, 1.165) is 0 Å². The fraction of sp³-hybridized carbons (Fsp3) is 0.0769. The van der Waals surface area contributed by atoms with Gasteiger partial charge in [0.2, 0.25) is 0 Å². The van der Waals surface area contributed by atoms with E-state index in [1.54, 1.807) is 25.1 Å². The number of sulfonamides is 1. The van der Waals surface area contributed by atoms with E-state index in [1.807, 2.05) is 0 Å². The molecule has 0 spiro atoms. The standard InChI is InChI=1S/C13H13BClNO4S/c1-9-12(15)3-2-4-13(9)16-21(19,20)11-7-5-10(6-8-11)14(17)18/h2-8,16-18H,1H3. The average molecular weight is 326 g/mol. The van der Waals surface area contributed by atoms with Gasteiger partial charge in [-0.25, -0.2) is 8.42 Å². The van der Waals surface area contributed by atoms with Crippen molar-refractivity contribution >= 4 is 39.9 Å². The predicted molar refractivity (Wildman–Crippen MR) is 83.3 cm³/mol. The Balaban J connectivity index is 2.32. The highest BCUT2D eigenvalue weighted by molar-refractivity contribution is 7.92. The maximum Gasteiger partial charge on any atom is 0.488 e. The molecule has 0 aliphatic carbocycles. The van der Waals surface area contributed by atoms with E-state index >= 15 is 0 Å². The van der Waals surface area contributed by atoms with Gasteiger partial charge in [0.25, 0.3) is 10.0 Å². The molecule has 0 aromatic heterocycles. The Morgan fingerprint density at radius 2 is 1.71 bits per heavy atom. The van der Waals surface area contributed by atoms with Crippen LogP contribution >= 0.6 is 11.6 Å². The van der Waals surface area contributed by atoms with Crippen LogP contribution in [0.15, 0.2) is 47.4 Å². The molecule has 0 fully saturated rings. The molecule has 0 radical (unpaired) electrons. The highest BCUT2D eigenvalue weighted by Gasteiger charge is 2.17. The zero-order valence-electron chi connectivity index (χ0n) is 11.1. The summed E-state index contributed by atoms with van der Waals surface area (Å²) in [4.78, 5) is 0.0197. The molecular weight excluding hydrogens is 312 g/mol. The summed E-state index contributed by atoms with van der Waals surface area (Å²) in [5.41, 5.74) is 1.24. The molecule has 0 heterocycles. The molecule has 2 aromatic rings. The molecule has 21 heavy (non-hydrogen) atoms. The van der Waals surface area contributed by atoms with Crippen LogP contribution in [0, 0.1) is 6.92 Å². The van der Waals surface area contributed by atoms with Gasteiger partial charge >= 0.3 is 7.12 Å². The van der Waals surface area contributed by atoms with Crippen LogP contribution in [0.1, 0.15) is 5.56 Å². The van der Waals surface area contributed by atoms with E-state index in [4.69, 9.17) is 21.6 Å². The van der Waals surface area contributed by atoms with Crippen LogP contribution in [-0.4, -0.2) is 25.6 Å². The first-order valence-corrected chi connectivity index (χ1v) is 7.91. The Morgan fingerprint density at radius 1 is 1.10 bits per heavy atom. The second kappa shape index (κ2) is 6.07. The van der Waals surface area contributed by atoms with Crippen molar-refractivity contribution in [1.82, 2.24) is 0 Å². The molecule has 0 unspecified atom stereocenters. The van der Waals surface area contributed by atoms with Crippen molar-refractivity contribution in [2.75, 3.05) is 4.72 Å². The number of rotatable bonds is 4. The van der Waals surface area contributed by atoms with Crippen molar-refractivity contribution in [3.63, 3.8) is 0 Å². The molecule has 0 aliphatic heterocycles. The monoisotopic (exact) mass is 325 g/mol. The second-order valence-electron chi connectivity index (χ2n) is 4.46. The lowest BCUT2D eigenvalue weighted by Gasteiger charge is -2.11. The molecule has 0 amide bonds. The van der Waals surface area contributed by atoms with Gasteiger partial charge in [-0.2, -0.15) is 0 Å². The van der Waals surface area contributed by atoms with Gasteiger partial charge in [0.1, 0.15) is 0 Å². The van der Waals surface area contributed by atoms with Gasteiger partial charge in [-0.05, 0) is 42.2 Å². The summed E-state index contributed by atoms with van der Waals surface area (Å²) >= 11 is 5.95. The van der Waals surface area contributed by atoms with Crippen LogP contribution < -0.4 is 10.2 Å². The summed E-state index contributed by atoms with van der Waals surface area (Å²) in [6, 6.07) is 10.2. The Hall–Kier alpha value is -1.54. The SMILES string of the molecule is Cc1c(Cl)cccc1NS(=O)(=O)c1ccc(B(O)O)cc1. The largest absolute Gasteiger partial charge is 0.488 e. The van der Waals surface area contributed by atoms with E-state index in [1.165, 1.54) is 24.3 Å². The molecule has 8 heteroatoms. The normalized spacial score (nSPS) is 11.2.